The summed E-state index contributed by atoms with van der Waals surface area (Å²) in [5.74, 6) is 0.175. The van der Waals surface area contributed by atoms with Gasteiger partial charge >= 0.3 is 0 Å². The van der Waals surface area contributed by atoms with Crippen molar-refractivity contribution >= 4 is 5.91 Å². The molecule has 0 saturated heterocycles. The van der Waals surface area contributed by atoms with Crippen molar-refractivity contribution < 1.29 is 15.0 Å². The first-order chi connectivity index (χ1) is 10.0. The van der Waals surface area contributed by atoms with E-state index in [1.165, 1.54) is 0 Å². The van der Waals surface area contributed by atoms with Crippen molar-refractivity contribution in [3.8, 4) is 11.5 Å². The van der Waals surface area contributed by atoms with Crippen LogP contribution in [0.15, 0.2) is 48.5 Å². The Hall–Kier alpha value is -2.49. The molecule has 4 nitrogen and oxygen atoms in total. The molecule has 1 atom stereocenters. The summed E-state index contributed by atoms with van der Waals surface area (Å²) in [5, 5.41) is 19.6. The monoisotopic (exact) mass is 285 g/mol. The molecule has 0 spiro atoms. The van der Waals surface area contributed by atoms with E-state index in [4.69, 9.17) is 0 Å². The normalized spacial score (nSPS) is 11.9. The smallest absolute Gasteiger partial charge is 0.227 e. The van der Waals surface area contributed by atoms with Crippen molar-refractivity contribution in [2.24, 2.45) is 0 Å². The Labute approximate surface area is 124 Å². The van der Waals surface area contributed by atoms with E-state index in [1.807, 2.05) is 13.0 Å². The number of amides is 1. The minimum Gasteiger partial charge on any atom is -0.508 e. The van der Waals surface area contributed by atoms with Crippen LogP contribution in [-0.2, 0) is 11.2 Å². The molecule has 0 aromatic heterocycles. The van der Waals surface area contributed by atoms with Crippen LogP contribution in [0.3, 0.4) is 0 Å². The first kappa shape index (κ1) is 14.9. The SMILES string of the molecule is CC(c1ccccc1O)N(C)C(=O)Cc1ccccc1O. The lowest BCUT2D eigenvalue weighted by Gasteiger charge is -2.26. The number of nitrogens with zero attached hydrogens (tertiary/aromatic N) is 1. The van der Waals surface area contributed by atoms with Gasteiger partial charge in [-0.2, -0.15) is 0 Å². The van der Waals surface area contributed by atoms with E-state index in [9.17, 15) is 15.0 Å². The second kappa shape index (κ2) is 6.31. The fourth-order valence-electron chi connectivity index (χ4n) is 2.21. The number of carbonyl (C=O) groups is 1. The maximum atomic E-state index is 12.3. The van der Waals surface area contributed by atoms with Crippen LogP contribution in [0.5, 0.6) is 11.5 Å². The number of hydrogen-bond acceptors (Lipinski definition) is 3. The van der Waals surface area contributed by atoms with E-state index < -0.39 is 0 Å². The number of hydrogen-bond donors (Lipinski definition) is 2. The number of carbonyl (C=O) groups excluding carboxylic acids is 1. The van der Waals surface area contributed by atoms with Crippen molar-refractivity contribution in [3.63, 3.8) is 0 Å². The molecule has 1 amide bonds. The minimum atomic E-state index is -0.246. The van der Waals surface area contributed by atoms with Crippen LogP contribution in [0, 0.1) is 0 Å². The van der Waals surface area contributed by atoms with Gasteiger partial charge < -0.3 is 15.1 Å². The van der Waals surface area contributed by atoms with Gasteiger partial charge in [0.15, 0.2) is 0 Å². The summed E-state index contributed by atoms with van der Waals surface area (Å²) in [7, 11) is 1.69. The van der Waals surface area contributed by atoms with Crippen LogP contribution in [0.1, 0.15) is 24.1 Å². The van der Waals surface area contributed by atoms with Crippen LogP contribution in [-0.4, -0.2) is 28.1 Å². The maximum Gasteiger partial charge on any atom is 0.227 e. The number of phenols is 2. The molecule has 0 bridgehead atoms. The average Bonchev–Trinajstić information content (AvgIpc) is 2.48. The molecule has 2 rings (SSSR count). The topological polar surface area (TPSA) is 60.8 Å². The molecule has 4 heteroatoms. The fraction of sp³-hybridized carbons (Fsp3) is 0.235. The van der Waals surface area contributed by atoms with Gasteiger partial charge in [0.2, 0.25) is 5.91 Å². The first-order valence-electron chi connectivity index (χ1n) is 6.81. The lowest BCUT2D eigenvalue weighted by Crippen LogP contribution is -2.31. The largest absolute Gasteiger partial charge is 0.508 e. The highest BCUT2D eigenvalue weighted by atomic mass is 16.3. The summed E-state index contributed by atoms with van der Waals surface area (Å²) in [5.41, 5.74) is 1.30. The highest BCUT2D eigenvalue weighted by Gasteiger charge is 2.20. The number of likely N-dealkylation sites (N-methyl/N-ethyl adjacent to an activating group) is 1. The van der Waals surface area contributed by atoms with Crippen molar-refractivity contribution in [2.75, 3.05) is 7.05 Å². The van der Waals surface area contributed by atoms with Crippen LogP contribution in [0.2, 0.25) is 0 Å². The Morgan fingerprint density at radius 3 is 2.24 bits per heavy atom. The predicted molar refractivity (Wildman–Crippen MR) is 81.1 cm³/mol. The zero-order chi connectivity index (χ0) is 15.4. The molecular weight excluding hydrogens is 266 g/mol. The van der Waals surface area contributed by atoms with Crippen molar-refractivity contribution in [2.45, 2.75) is 19.4 Å². The van der Waals surface area contributed by atoms with E-state index in [0.717, 1.165) is 0 Å². The second-order valence-electron chi connectivity index (χ2n) is 5.04. The number of phenolic OH excluding ortho intramolecular Hbond substituents is 2. The van der Waals surface area contributed by atoms with E-state index in [0.29, 0.717) is 11.1 Å². The molecule has 0 radical (unpaired) electrons. The third kappa shape index (κ3) is 3.34. The average molecular weight is 285 g/mol. The minimum absolute atomic E-state index is 0.118. The summed E-state index contributed by atoms with van der Waals surface area (Å²) in [4.78, 5) is 13.9. The molecule has 0 aliphatic rings. The Morgan fingerprint density at radius 1 is 1.05 bits per heavy atom. The van der Waals surface area contributed by atoms with E-state index in [2.05, 4.69) is 0 Å². The Morgan fingerprint density at radius 2 is 1.62 bits per heavy atom. The van der Waals surface area contributed by atoms with Crippen LogP contribution >= 0.6 is 0 Å². The van der Waals surface area contributed by atoms with Crippen LogP contribution in [0.25, 0.3) is 0 Å². The molecule has 2 aromatic carbocycles. The Bertz CT molecular complexity index is 639. The second-order valence-corrected chi connectivity index (χ2v) is 5.04. The molecule has 0 aliphatic heterocycles. The molecule has 0 heterocycles. The lowest BCUT2D eigenvalue weighted by molar-refractivity contribution is -0.131. The molecule has 0 fully saturated rings. The van der Waals surface area contributed by atoms with Crippen molar-refractivity contribution in [1.82, 2.24) is 4.90 Å². The third-order valence-corrected chi connectivity index (χ3v) is 3.69. The zero-order valence-corrected chi connectivity index (χ0v) is 12.2. The number of rotatable bonds is 4. The fourth-order valence-corrected chi connectivity index (χ4v) is 2.21. The molecule has 2 aromatic rings. The van der Waals surface area contributed by atoms with E-state index >= 15 is 0 Å². The van der Waals surface area contributed by atoms with Crippen LogP contribution in [0.4, 0.5) is 0 Å². The van der Waals surface area contributed by atoms with Gasteiger partial charge in [0.25, 0.3) is 0 Å². The summed E-state index contributed by atoms with van der Waals surface area (Å²) < 4.78 is 0. The lowest BCUT2D eigenvalue weighted by atomic mass is 10.0. The standard InChI is InChI=1S/C17H19NO3/c1-12(14-8-4-6-10-16(14)20)18(2)17(21)11-13-7-3-5-9-15(13)19/h3-10,12,19-20H,11H2,1-2H3. The van der Waals surface area contributed by atoms with Gasteiger partial charge in [-0.3, -0.25) is 4.79 Å². The molecule has 0 aliphatic carbocycles. The van der Waals surface area contributed by atoms with Gasteiger partial charge in [-0.15, -0.1) is 0 Å². The van der Waals surface area contributed by atoms with Gasteiger partial charge in [0.05, 0.1) is 12.5 Å². The summed E-state index contributed by atoms with van der Waals surface area (Å²) >= 11 is 0. The van der Waals surface area contributed by atoms with Gasteiger partial charge in [0, 0.05) is 18.2 Å². The van der Waals surface area contributed by atoms with Gasteiger partial charge in [0.1, 0.15) is 11.5 Å². The van der Waals surface area contributed by atoms with Gasteiger partial charge in [-0.25, -0.2) is 0 Å². The molecule has 21 heavy (non-hydrogen) atoms. The zero-order valence-electron chi connectivity index (χ0n) is 12.2. The number of para-hydroxylation sites is 2. The van der Waals surface area contributed by atoms with Crippen molar-refractivity contribution in [1.29, 1.82) is 0 Å². The quantitative estimate of drug-likeness (QED) is 0.908. The van der Waals surface area contributed by atoms with E-state index in [1.54, 1.807) is 54.4 Å². The summed E-state index contributed by atoms with van der Waals surface area (Å²) in [6, 6.07) is 13.5. The maximum absolute atomic E-state index is 12.3. The van der Waals surface area contributed by atoms with E-state index in [-0.39, 0.29) is 29.9 Å². The summed E-state index contributed by atoms with van der Waals surface area (Å²) in [6.45, 7) is 1.86. The van der Waals surface area contributed by atoms with Gasteiger partial charge in [-0.1, -0.05) is 36.4 Å². The van der Waals surface area contributed by atoms with Crippen molar-refractivity contribution in [3.05, 3.63) is 59.7 Å². The van der Waals surface area contributed by atoms with Gasteiger partial charge in [-0.05, 0) is 19.1 Å². The third-order valence-electron chi connectivity index (χ3n) is 3.69. The molecule has 2 N–H and O–H groups in total. The number of benzene rings is 2. The van der Waals surface area contributed by atoms with Crippen LogP contribution < -0.4 is 0 Å². The predicted octanol–water partition coefficient (Wildman–Crippen LogP) is 2.86. The highest BCUT2D eigenvalue weighted by Crippen LogP contribution is 2.28. The first-order valence-corrected chi connectivity index (χ1v) is 6.81. The summed E-state index contributed by atoms with van der Waals surface area (Å²) in [6.07, 6.45) is 0.126. The Balaban J connectivity index is 2.13. The Kier molecular flexibility index (Phi) is 4.48. The molecule has 0 saturated carbocycles. The highest BCUT2D eigenvalue weighted by molar-refractivity contribution is 5.79. The molecule has 110 valence electrons. The number of aromatic hydroxyl groups is 2. The molecular formula is C17H19NO3. The molecule has 1 unspecified atom stereocenters.